The molecule has 1 aromatic heterocycles. The summed E-state index contributed by atoms with van der Waals surface area (Å²) in [6.07, 6.45) is 7.52. The number of likely N-dealkylation sites (tertiary alicyclic amines) is 1. The van der Waals surface area contributed by atoms with Crippen LogP contribution in [0.2, 0.25) is 0 Å². The molecule has 1 N–H and O–H groups in total. The van der Waals surface area contributed by atoms with Crippen molar-refractivity contribution in [2.45, 2.75) is 38.3 Å². The highest BCUT2D eigenvalue weighted by Gasteiger charge is 2.29. The first-order valence-corrected chi connectivity index (χ1v) is 9.46. The molecule has 2 aliphatic heterocycles. The summed E-state index contributed by atoms with van der Waals surface area (Å²) in [5.41, 5.74) is 1.17. The molecule has 0 aromatic carbocycles. The van der Waals surface area contributed by atoms with Crippen LogP contribution in [0.25, 0.3) is 0 Å². The Labute approximate surface area is 132 Å². The Kier molecular flexibility index (Phi) is 5.07. The predicted octanol–water partition coefficient (Wildman–Crippen LogP) is 0.976. The first kappa shape index (κ1) is 15.9. The molecule has 122 valence electrons. The number of rotatable bonds is 5. The van der Waals surface area contributed by atoms with E-state index in [0.717, 1.165) is 45.3 Å². The molecule has 0 aliphatic carbocycles. The van der Waals surface area contributed by atoms with Crippen LogP contribution < -0.4 is 4.72 Å². The second-order valence-electron chi connectivity index (χ2n) is 6.16. The fraction of sp³-hybridized carbons (Fsp3) is 0.667. The van der Waals surface area contributed by atoms with Crippen LogP contribution in [0, 0.1) is 0 Å². The van der Waals surface area contributed by atoms with E-state index in [0.29, 0.717) is 13.1 Å². The zero-order valence-corrected chi connectivity index (χ0v) is 13.6. The fourth-order valence-corrected chi connectivity index (χ4v) is 4.76. The van der Waals surface area contributed by atoms with Gasteiger partial charge in [0.05, 0.1) is 0 Å². The van der Waals surface area contributed by atoms with Gasteiger partial charge in [-0.15, -0.1) is 0 Å². The minimum atomic E-state index is -3.31. The van der Waals surface area contributed by atoms with Gasteiger partial charge in [0.15, 0.2) is 0 Å². The second kappa shape index (κ2) is 7.04. The summed E-state index contributed by atoms with van der Waals surface area (Å²) in [5, 5.41) is 0. The third-order valence-electron chi connectivity index (χ3n) is 4.36. The van der Waals surface area contributed by atoms with E-state index in [1.54, 1.807) is 10.5 Å². The Morgan fingerprint density at radius 3 is 2.77 bits per heavy atom. The molecule has 2 saturated heterocycles. The topological polar surface area (TPSA) is 65.5 Å². The van der Waals surface area contributed by atoms with E-state index < -0.39 is 10.2 Å². The van der Waals surface area contributed by atoms with E-state index in [1.165, 1.54) is 5.56 Å². The summed E-state index contributed by atoms with van der Waals surface area (Å²) in [5.74, 6) is 0. The van der Waals surface area contributed by atoms with Crippen LogP contribution in [-0.4, -0.2) is 54.8 Å². The summed E-state index contributed by atoms with van der Waals surface area (Å²) in [7, 11) is -3.31. The van der Waals surface area contributed by atoms with Crippen LogP contribution in [-0.2, 0) is 16.8 Å². The van der Waals surface area contributed by atoms with Gasteiger partial charge in [-0.25, -0.2) is 0 Å². The van der Waals surface area contributed by atoms with Crippen LogP contribution >= 0.6 is 0 Å². The summed E-state index contributed by atoms with van der Waals surface area (Å²) in [6.45, 7) is 3.91. The van der Waals surface area contributed by atoms with Crippen molar-refractivity contribution in [3.05, 3.63) is 30.1 Å². The van der Waals surface area contributed by atoms with Crippen molar-refractivity contribution >= 4 is 10.2 Å². The normalized spacial score (nSPS) is 24.6. The predicted molar refractivity (Wildman–Crippen MR) is 85.4 cm³/mol. The molecule has 1 aromatic rings. The number of nitrogens with zero attached hydrogens (tertiary/aromatic N) is 3. The van der Waals surface area contributed by atoms with E-state index >= 15 is 0 Å². The number of pyridine rings is 1. The summed E-state index contributed by atoms with van der Waals surface area (Å²) in [4.78, 5) is 6.44. The van der Waals surface area contributed by atoms with Gasteiger partial charge in [0.1, 0.15) is 0 Å². The van der Waals surface area contributed by atoms with Crippen molar-refractivity contribution in [1.29, 1.82) is 0 Å². The van der Waals surface area contributed by atoms with Crippen LogP contribution in [0.5, 0.6) is 0 Å². The molecule has 0 spiro atoms. The standard InChI is InChI=1S/C15H24N4O2S/c20-22(21,19-9-1-2-10-19)17-15-6-4-8-18(13-15)12-14-5-3-7-16-11-14/h3,5,7,11,15,17H,1-2,4,6,8-10,12-13H2/t15-/m1/s1. The van der Waals surface area contributed by atoms with E-state index in [2.05, 4.69) is 20.7 Å². The highest BCUT2D eigenvalue weighted by atomic mass is 32.2. The molecular weight excluding hydrogens is 300 g/mol. The molecule has 0 unspecified atom stereocenters. The van der Waals surface area contributed by atoms with Crippen LogP contribution in [0.4, 0.5) is 0 Å². The first-order chi connectivity index (χ1) is 10.6. The fourth-order valence-electron chi connectivity index (χ4n) is 3.26. The molecule has 3 rings (SSSR count). The lowest BCUT2D eigenvalue weighted by atomic mass is 10.1. The van der Waals surface area contributed by atoms with E-state index in [-0.39, 0.29) is 6.04 Å². The molecule has 7 heteroatoms. The maximum atomic E-state index is 12.4. The van der Waals surface area contributed by atoms with Gasteiger partial charge >= 0.3 is 0 Å². The Balaban J connectivity index is 1.56. The van der Waals surface area contributed by atoms with Gasteiger partial charge in [0.2, 0.25) is 0 Å². The molecule has 2 aliphatic rings. The largest absolute Gasteiger partial charge is 0.297 e. The third-order valence-corrected chi connectivity index (χ3v) is 6.03. The van der Waals surface area contributed by atoms with Crippen LogP contribution in [0.3, 0.4) is 0 Å². The minimum Gasteiger partial charge on any atom is -0.297 e. The van der Waals surface area contributed by atoms with Gasteiger partial charge in [0.25, 0.3) is 10.2 Å². The second-order valence-corrected chi connectivity index (χ2v) is 7.87. The first-order valence-electron chi connectivity index (χ1n) is 8.02. The van der Waals surface area contributed by atoms with Crippen molar-refractivity contribution in [2.75, 3.05) is 26.2 Å². The molecule has 0 radical (unpaired) electrons. The smallest absolute Gasteiger partial charge is 0.279 e. The van der Waals surface area contributed by atoms with Gasteiger partial charge < -0.3 is 0 Å². The summed E-state index contributed by atoms with van der Waals surface area (Å²) in [6, 6.07) is 4.01. The van der Waals surface area contributed by atoms with Crippen molar-refractivity contribution in [3.8, 4) is 0 Å². The number of nitrogens with one attached hydrogen (secondary N) is 1. The van der Waals surface area contributed by atoms with Crippen molar-refractivity contribution in [2.24, 2.45) is 0 Å². The lowest BCUT2D eigenvalue weighted by molar-refractivity contribution is 0.193. The molecule has 0 amide bonds. The third kappa shape index (κ3) is 4.04. The van der Waals surface area contributed by atoms with Gasteiger partial charge in [0, 0.05) is 44.6 Å². The number of hydrogen-bond acceptors (Lipinski definition) is 4. The van der Waals surface area contributed by atoms with Gasteiger partial charge in [-0.3, -0.25) is 9.88 Å². The SMILES string of the molecule is O=S(=O)(N[C@@H]1CCCN(Cc2cccnc2)C1)N1CCCC1. The van der Waals surface area contributed by atoms with Gasteiger partial charge in [-0.2, -0.15) is 17.4 Å². The molecule has 0 saturated carbocycles. The van der Waals surface area contributed by atoms with E-state index in [4.69, 9.17) is 0 Å². The summed E-state index contributed by atoms with van der Waals surface area (Å²) >= 11 is 0. The van der Waals surface area contributed by atoms with Gasteiger partial charge in [-0.1, -0.05) is 6.07 Å². The Hall–Kier alpha value is -1.02. The molecule has 3 heterocycles. The molecule has 6 nitrogen and oxygen atoms in total. The minimum absolute atomic E-state index is 0.0102. The molecule has 0 bridgehead atoms. The Morgan fingerprint density at radius 2 is 2.05 bits per heavy atom. The molecule has 1 atom stereocenters. The average molecular weight is 324 g/mol. The molecule has 2 fully saturated rings. The lowest BCUT2D eigenvalue weighted by Crippen LogP contribution is -2.51. The zero-order chi connectivity index (χ0) is 15.4. The molecule has 22 heavy (non-hydrogen) atoms. The average Bonchev–Trinajstić information content (AvgIpc) is 3.03. The maximum Gasteiger partial charge on any atom is 0.279 e. The van der Waals surface area contributed by atoms with Crippen LogP contribution in [0.15, 0.2) is 24.5 Å². The molecular formula is C15H24N4O2S. The van der Waals surface area contributed by atoms with Crippen molar-refractivity contribution < 1.29 is 8.42 Å². The van der Waals surface area contributed by atoms with Crippen molar-refractivity contribution in [1.82, 2.24) is 18.9 Å². The Bertz CT molecular complexity index is 572. The van der Waals surface area contributed by atoms with E-state index in [1.807, 2.05) is 12.3 Å². The van der Waals surface area contributed by atoms with Crippen LogP contribution in [0.1, 0.15) is 31.2 Å². The highest BCUT2D eigenvalue weighted by Crippen LogP contribution is 2.17. The van der Waals surface area contributed by atoms with Gasteiger partial charge in [-0.05, 0) is 43.9 Å². The summed E-state index contributed by atoms with van der Waals surface area (Å²) < 4.78 is 29.2. The number of piperidine rings is 1. The van der Waals surface area contributed by atoms with Crippen molar-refractivity contribution in [3.63, 3.8) is 0 Å². The highest BCUT2D eigenvalue weighted by molar-refractivity contribution is 7.87. The maximum absolute atomic E-state index is 12.4. The lowest BCUT2D eigenvalue weighted by Gasteiger charge is -2.33. The monoisotopic (exact) mass is 324 g/mol. The Morgan fingerprint density at radius 1 is 1.23 bits per heavy atom. The zero-order valence-electron chi connectivity index (χ0n) is 12.8. The quantitative estimate of drug-likeness (QED) is 0.877. The van der Waals surface area contributed by atoms with E-state index in [9.17, 15) is 8.42 Å². The number of hydrogen-bond donors (Lipinski definition) is 1. The number of aromatic nitrogens is 1.